The van der Waals surface area contributed by atoms with Crippen molar-refractivity contribution in [1.29, 1.82) is 0 Å². The Bertz CT molecular complexity index is 927. The number of anilines is 1. The maximum absolute atomic E-state index is 12.1. The number of aromatic nitrogens is 2. The molecule has 0 aliphatic carbocycles. The Morgan fingerprint density at radius 3 is 2.60 bits per heavy atom. The van der Waals surface area contributed by atoms with Crippen molar-refractivity contribution in [1.82, 2.24) is 9.78 Å². The molecule has 2 N–H and O–H groups in total. The molecule has 0 saturated heterocycles. The van der Waals surface area contributed by atoms with E-state index in [1.54, 1.807) is 24.3 Å². The van der Waals surface area contributed by atoms with Crippen LogP contribution in [0.5, 0.6) is 5.75 Å². The van der Waals surface area contributed by atoms with Gasteiger partial charge in [-0.05, 0) is 44.2 Å². The first-order chi connectivity index (χ1) is 12.0. The van der Waals surface area contributed by atoms with Gasteiger partial charge in [0.25, 0.3) is 0 Å². The number of nitrogens with zero attached hydrogens (tertiary/aromatic N) is 2. The van der Waals surface area contributed by atoms with Gasteiger partial charge in [-0.1, -0.05) is 24.3 Å². The normalized spacial score (nSPS) is 11.0. The molecule has 3 aromatic rings. The van der Waals surface area contributed by atoms with Crippen molar-refractivity contribution in [3.05, 3.63) is 77.6 Å². The second kappa shape index (κ2) is 7.05. The molecular weight excluding hydrogens is 314 g/mol. The van der Waals surface area contributed by atoms with Crippen molar-refractivity contribution in [2.75, 3.05) is 5.32 Å². The Morgan fingerprint density at radius 1 is 1.12 bits per heavy atom. The van der Waals surface area contributed by atoms with Crippen LogP contribution in [-0.2, 0) is 4.79 Å². The fourth-order valence-electron chi connectivity index (χ4n) is 2.64. The number of hydrogen-bond donors (Lipinski definition) is 2. The highest BCUT2D eigenvalue weighted by Crippen LogP contribution is 2.19. The second-order valence-corrected chi connectivity index (χ2v) is 5.70. The number of amides is 1. The summed E-state index contributed by atoms with van der Waals surface area (Å²) >= 11 is 0. The molecule has 0 spiro atoms. The highest BCUT2D eigenvalue weighted by Gasteiger charge is 2.10. The highest BCUT2D eigenvalue weighted by molar-refractivity contribution is 6.02. The number of aryl methyl sites for hydroxylation is 1. The van der Waals surface area contributed by atoms with Crippen molar-refractivity contribution >= 4 is 17.7 Å². The van der Waals surface area contributed by atoms with Crippen LogP contribution in [0.25, 0.3) is 11.8 Å². The third-order valence-electron chi connectivity index (χ3n) is 3.86. The molecule has 5 heteroatoms. The van der Waals surface area contributed by atoms with Crippen LogP contribution in [0.2, 0.25) is 0 Å². The molecule has 2 aromatic carbocycles. The number of para-hydroxylation sites is 1. The summed E-state index contributed by atoms with van der Waals surface area (Å²) in [6.07, 6.45) is 3.23. The summed E-state index contributed by atoms with van der Waals surface area (Å²) in [5.41, 5.74) is 4.25. The van der Waals surface area contributed by atoms with Gasteiger partial charge < -0.3 is 10.4 Å². The van der Waals surface area contributed by atoms with E-state index >= 15 is 0 Å². The van der Waals surface area contributed by atoms with E-state index < -0.39 is 0 Å². The van der Waals surface area contributed by atoms with E-state index in [9.17, 15) is 9.90 Å². The van der Waals surface area contributed by atoms with Crippen LogP contribution in [-0.4, -0.2) is 20.8 Å². The lowest BCUT2D eigenvalue weighted by molar-refractivity contribution is -0.111. The monoisotopic (exact) mass is 333 g/mol. The first-order valence-corrected chi connectivity index (χ1v) is 7.94. The first-order valence-electron chi connectivity index (χ1n) is 7.94. The molecule has 0 unspecified atom stereocenters. The van der Waals surface area contributed by atoms with Crippen molar-refractivity contribution in [2.45, 2.75) is 13.8 Å². The van der Waals surface area contributed by atoms with Crippen LogP contribution in [0.4, 0.5) is 5.69 Å². The molecule has 5 nitrogen and oxygen atoms in total. The number of carbonyl (C=O) groups is 1. The van der Waals surface area contributed by atoms with E-state index in [2.05, 4.69) is 10.4 Å². The Balaban J connectivity index is 1.80. The summed E-state index contributed by atoms with van der Waals surface area (Å²) in [6, 6.07) is 16.3. The van der Waals surface area contributed by atoms with Gasteiger partial charge in [0.15, 0.2) is 0 Å². The Hall–Kier alpha value is -3.34. The predicted octanol–water partition coefficient (Wildman–Crippen LogP) is 3.85. The summed E-state index contributed by atoms with van der Waals surface area (Å²) in [7, 11) is 0. The molecule has 3 rings (SSSR count). The number of carbonyl (C=O) groups excluding carboxylic acids is 1. The largest absolute Gasteiger partial charge is 0.508 e. The van der Waals surface area contributed by atoms with Crippen LogP contribution in [0.1, 0.15) is 17.0 Å². The Morgan fingerprint density at radius 2 is 1.88 bits per heavy atom. The molecule has 0 bridgehead atoms. The van der Waals surface area contributed by atoms with Crippen LogP contribution in [0.3, 0.4) is 0 Å². The van der Waals surface area contributed by atoms with Crippen molar-refractivity contribution < 1.29 is 9.90 Å². The molecule has 0 aliphatic rings. The van der Waals surface area contributed by atoms with Gasteiger partial charge in [-0.2, -0.15) is 5.10 Å². The molecule has 0 radical (unpaired) electrons. The summed E-state index contributed by atoms with van der Waals surface area (Å²) in [5.74, 6) is -0.158. The molecule has 1 amide bonds. The molecule has 25 heavy (non-hydrogen) atoms. The summed E-state index contributed by atoms with van der Waals surface area (Å²) < 4.78 is 1.86. The molecule has 126 valence electrons. The average Bonchev–Trinajstić information content (AvgIpc) is 2.88. The van der Waals surface area contributed by atoms with E-state index in [-0.39, 0.29) is 11.7 Å². The predicted molar refractivity (Wildman–Crippen MR) is 98.8 cm³/mol. The number of benzene rings is 2. The standard InChI is InChI=1S/C20H19N3O2/c1-14-19(15(2)23(22-14)17-8-4-3-5-9-17)11-12-20(25)21-16-7-6-10-18(24)13-16/h3-13,24H,1-2H3,(H,21,25)/b12-11+. The second-order valence-electron chi connectivity index (χ2n) is 5.70. The fraction of sp³-hybridized carbons (Fsp3) is 0.100. The van der Waals surface area contributed by atoms with Gasteiger partial charge in [-0.3, -0.25) is 4.79 Å². The lowest BCUT2D eigenvalue weighted by atomic mass is 10.2. The van der Waals surface area contributed by atoms with Crippen LogP contribution >= 0.6 is 0 Å². The smallest absolute Gasteiger partial charge is 0.248 e. The van der Waals surface area contributed by atoms with Crippen LogP contribution < -0.4 is 5.32 Å². The Kier molecular flexibility index (Phi) is 4.66. The number of hydrogen-bond acceptors (Lipinski definition) is 3. The van der Waals surface area contributed by atoms with Gasteiger partial charge in [0.2, 0.25) is 5.91 Å². The molecule has 0 aliphatic heterocycles. The zero-order valence-corrected chi connectivity index (χ0v) is 14.1. The van der Waals surface area contributed by atoms with Gasteiger partial charge in [-0.25, -0.2) is 4.68 Å². The topological polar surface area (TPSA) is 67.2 Å². The first kappa shape index (κ1) is 16.5. The molecule has 0 saturated carbocycles. The Labute approximate surface area is 146 Å². The molecule has 0 atom stereocenters. The zero-order chi connectivity index (χ0) is 17.8. The zero-order valence-electron chi connectivity index (χ0n) is 14.1. The van der Waals surface area contributed by atoms with Gasteiger partial charge in [0, 0.05) is 29.1 Å². The quantitative estimate of drug-likeness (QED) is 0.713. The minimum absolute atomic E-state index is 0.109. The van der Waals surface area contributed by atoms with Gasteiger partial charge in [0.1, 0.15) is 5.75 Å². The SMILES string of the molecule is Cc1nn(-c2ccccc2)c(C)c1/C=C/C(=O)Nc1cccc(O)c1. The molecular formula is C20H19N3O2. The number of aromatic hydroxyl groups is 1. The van der Waals surface area contributed by atoms with Crippen LogP contribution in [0.15, 0.2) is 60.7 Å². The van der Waals surface area contributed by atoms with Crippen molar-refractivity contribution in [2.24, 2.45) is 0 Å². The lowest BCUT2D eigenvalue weighted by Crippen LogP contribution is -2.07. The van der Waals surface area contributed by atoms with Gasteiger partial charge >= 0.3 is 0 Å². The lowest BCUT2D eigenvalue weighted by Gasteiger charge is -2.04. The third-order valence-corrected chi connectivity index (χ3v) is 3.86. The highest BCUT2D eigenvalue weighted by atomic mass is 16.3. The van der Waals surface area contributed by atoms with E-state index in [0.29, 0.717) is 5.69 Å². The minimum Gasteiger partial charge on any atom is -0.508 e. The van der Waals surface area contributed by atoms with E-state index in [1.165, 1.54) is 12.1 Å². The van der Waals surface area contributed by atoms with Crippen LogP contribution in [0, 0.1) is 13.8 Å². The van der Waals surface area contributed by atoms with E-state index in [0.717, 1.165) is 22.6 Å². The van der Waals surface area contributed by atoms with Crippen molar-refractivity contribution in [3.8, 4) is 11.4 Å². The maximum Gasteiger partial charge on any atom is 0.248 e. The third kappa shape index (κ3) is 3.77. The van der Waals surface area contributed by atoms with Gasteiger partial charge in [-0.15, -0.1) is 0 Å². The van der Waals surface area contributed by atoms with E-state index in [1.807, 2.05) is 48.9 Å². The summed E-state index contributed by atoms with van der Waals surface area (Å²) in [4.78, 5) is 12.1. The number of phenolic OH excluding ortho intramolecular Hbond substituents is 1. The number of rotatable bonds is 4. The number of nitrogens with one attached hydrogen (secondary N) is 1. The number of phenols is 1. The molecule has 0 fully saturated rings. The van der Waals surface area contributed by atoms with E-state index in [4.69, 9.17) is 0 Å². The molecule has 1 heterocycles. The average molecular weight is 333 g/mol. The summed E-state index contributed by atoms with van der Waals surface area (Å²) in [6.45, 7) is 3.89. The van der Waals surface area contributed by atoms with Gasteiger partial charge in [0.05, 0.1) is 11.4 Å². The van der Waals surface area contributed by atoms with Crippen molar-refractivity contribution in [3.63, 3.8) is 0 Å². The summed E-state index contributed by atoms with van der Waals surface area (Å²) in [5, 5.41) is 16.7. The minimum atomic E-state index is -0.267. The molecule has 1 aromatic heterocycles. The maximum atomic E-state index is 12.1. The fourth-order valence-corrected chi connectivity index (χ4v) is 2.64.